The van der Waals surface area contributed by atoms with Crippen molar-refractivity contribution in [2.45, 2.75) is 90.3 Å². The van der Waals surface area contributed by atoms with Gasteiger partial charge in [0, 0.05) is 18.7 Å². The second kappa shape index (κ2) is 14.4. The number of alkyl carbamates (subject to hydrolysis) is 1. The molecule has 1 saturated heterocycles. The molecule has 1 aromatic heterocycles. The van der Waals surface area contributed by atoms with Crippen molar-refractivity contribution in [1.82, 2.24) is 20.4 Å². The molecule has 2 N–H and O–H groups in total. The van der Waals surface area contributed by atoms with Gasteiger partial charge in [-0.05, 0) is 58.2 Å². The molecule has 3 rings (SSSR count). The number of halogens is 3. The Morgan fingerprint density at radius 1 is 1.19 bits per heavy atom. The van der Waals surface area contributed by atoms with Gasteiger partial charge in [0.2, 0.25) is 17.7 Å². The molecule has 0 aliphatic carbocycles. The monoisotopic (exact) mass is 597 g/mol. The Morgan fingerprint density at radius 3 is 2.60 bits per heavy atom. The molecule has 0 saturated carbocycles. The molecule has 1 aromatic carbocycles. The van der Waals surface area contributed by atoms with E-state index in [1.54, 1.807) is 25.7 Å². The standard InChI is InChI=1S/C28H38F3N5O6/c1-5-6-7-8-9-15-40-21-13-12-18(16-20(21)28(29,30)31)22-32-23(42-35-22)19-11-10-14-36(17-19)24(33-25(37)38)34-26(39)41-27(2,3)4/h12-13,16,19H,5-11,14-15,17H2,1-4H3,(H,37,38)(H,33,34,39). The minimum atomic E-state index is -4.65. The van der Waals surface area contributed by atoms with Crippen LogP contribution in [-0.4, -0.2) is 63.6 Å². The third-order valence-electron chi connectivity index (χ3n) is 6.37. The first-order valence-electron chi connectivity index (χ1n) is 14.0. The van der Waals surface area contributed by atoms with E-state index in [4.69, 9.17) is 14.0 Å². The number of rotatable bonds is 9. The number of hydrogen-bond donors (Lipinski definition) is 2. The zero-order valence-electron chi connectivity index (χ0n) is 24.3. The number of likely N-dealkylation sites (tertiary alicyclic amines) is 1. The molecule has 0 radical (unpaired) electrons. The van der Waals surface area contributed by atoms with Gasteiger partial charge in [-0.25, -0.2) is 9.59 Å². The molecule has 1 aliphatic heterocycles. The number of carboxylic acid groups (broad SMARTS) is 1. The van der Waals surface area contributed by atoms with E-state index in [-0.39, 0.29) is 42.1 Å². The van der Waals surface area contributed by atoms with Gasteiger partial charge in [-0.15, -0.1) is 4.99 Å². The molecule has 232 valence electrons. The molecular weight excluding hydrogens is 559 g/mol. The normalized spacial score (nSPS) is 16.3. The molecule has 1 unspecified atom stereocenters. The van der Waals surface area contributed by atoms with E-state index < -0.39 is 35.4 Å². The minimum absolute atomic E-state index is 0.0231. The van der Waals surface area contributed by atoms with Crippen LogP contribution in [0.25, 0.3) is 11.4 Å². The third-order valence-corrected chi connectivity index (χ3v) is 6.37. The van der Waals surface area contributed by atoms with Gasteiger partial charge in [0.15, 0.2) is 0 Å². The molecule has 11 nitrogen and oxygen atoms in total. The predicted octanol–water partition coefficient (Wildman–Crippen LogP) is 6.84. The Hall–Kier alpha value is -3.84. The zero-order chi connectivity index (χ0) is 30.9. The van der Waals surface area contributed by atoms with Crippen LogP contribution in [0.4, 0.5) is 22.8 Å². The number of carbonyl (C=O) groups excluding carboxylic acids is 1. The first kappa shape index (κ1) is 32.7. The summed E-state index contributed by atoms with van der Waals surface area (Å²) in [6, 6.07) is 3.65. The topological polar surface area (TPSA) is 139 Å². The maximum absolute atomic E-state index is 13.9. The SMILES string of the molecule is CCCCCCCOc1ccc(-c2noc(C3CCCN(C(=NC(=O)O)NC(=O)OC(C)(C)C)C3)n2)cc1C(F)(F)F. The number of hydrogen-bond acceptors (Lipinski definition) is 7. The van der Waals surface area contributed by atoms with E-state index >= 15 is 0 Å². The summed E-state index contributed by atoms with van der Waals surface area (Å²) in [5.74, 6) is -0.711. The lowest BCUT2D eigenvalue weighted by Gasteiger charge is -2.33. The fraction of sp³-hybridized carbons (Fsp3) is 0.607. The number of nitrogens with zero attached hydrogens (tertiary/aromatic N) is 4. The van der Waals surface area contributed by atoms with Gasteiger partial charge in [0.25, 0.3) is 0 Å². The van der Waals surface area contributed by atoms with Crippen LogP contribution in [0.1, 0.15) is 90.0 Å². The molecule has 0 spiro atoms. The summed E-state index contributed by atoms with van der Waals surface area (Å²) in [5, 5.41) is 15.5. The van der Waals surface area contributed by atoms with Crippen molar-refractivity contribution in [3.63, 3.8) is 0 Å². The molecule has 1 aliphatic rings. The van der Waals surface area contributed by atoms with Gasteiger partial charge in [-0.3, -0.25) is 5.32 Å². The first-order valence-corrected chi connectivity index (χ1v) is 14.0. The number of unbranched alkanes of at least 4 members (excludes halogenated alkanes) is 4. The van der Waals surface area contributed by atoms with Crippen molar-refractivity contribution in [1.29, 1.82) is 0 Å². The van der Waals surface area contributed by atoms with Crippen molar-refractivity contribution in [3.05, 3.63) is 29.7 Å². The molecule has 2 amide bonds. The Labute approximate surface area is 242 Å². The van der Waals surface area contributed by atoms with Crippen LogP contribution in [0.5, 0.6) is 5.75 Å². The number of aliphatic imine (C=N–C) groups is 1. The van der Waals surface area contributed by atoms with Crippen LogP contribution in [0.2, 0.25) is 0 Å². The summed E-state index contributed by atoms with van der Waals surface area (Å²) < 4.78 is 57.7. The zero-order valence-corrected chi connectivity index (χ0v) is 24.3. The average molecular weight is 598 g/mol. The maximum Gasteiger partial charge on any atom is 0.434 e. The number of nitrogens with one attached hydrogen (secondary N) is 1. The summed E-state index contributed by atoms with van der Waals surface area (Å²) in [5.41, 5.74) is -1.63. The van der Waals surface area contributed by atoms with E-state index in [2.05, 4.69) is 27.4 Å². The number of benzene rings is 1. The minimum Gasteiger partial charge on any atom is -0.493 e. The number of ether oxygens (including phenoxy) is 2. The molecule has 1 fully saturated rings. The van der Waals surface area contributed by atoms with Crippen LogP contribution < -0.4 is 10.1 Å². The summed E-state index contributed by atoms with van der Waals surface area (Å²) in [7, 11) is 0. The van der Waals surface area contributed by atoms with E-state index in [9.17, 15) is 27.9 Å². The number of alkyl halides is 3. The van der Waals surface area contributed by atoms with Crippen LogP contribution in [0.15, 0.2) is 27.7 Å². The van der Waals surface area contributed by atoms with E-state index in [0.717, 1.165) is 31.7 Å². The smallest absolute Gasteiger partial charge is 0.434 e. The van der Waals surface area contributed by atoms with Gasteiger partial charge in [-0.1, -0.05) is 37.8 Å². The fourth-order valence-electron chi connectivity index (χ4n) is 4.46. The lowest BCUT2D eigenvalue weighted by atomic mass is 9.98. The van der Waals surface area contributed by atoms with Crippen LogP contribution >= 0.6 is 0 Å². The molecule has 14 heteroatoms. The molecule has 1 atom stereocenters. The quantitative estimate of drug-likeness (QED) is 0.181. The van der Waals surface area contributed by atoms with Crippen LogP contribution in [0.3, 0.4) is 0 Å². The van der Waals surface area contributed by atoms with Gasteiger partial charge in [0.1, 0.15) is 11.4 Å². The summed E-state index contributed by atoms with van der Waals surface area (Å²) in [6.45, 7) is 7.82. The van der Waals surface area contributed by atoms with Crippen molar-refractivity contribution in [3.8, 4) is 17.1 Å². The van der Waals surface area contributed by atoms with Crippen LogP contribution in [-0.2, 0) is 10.9 Å². The van der Waals surface area contributed by atoms with Gasteiger partial charge >= 0.3 is 18.4 Å². The largest absolute Gasteiger partial charge is 0.493 e. The third kappa shape index (κ3) is 9.91. The first-order chi connectivity index (χ1) is 19.8. The summed E-state index contributed by atoms with van der Waals surface area (Å²) >= 11 is 0. The van der Waals surface area contributed by atoms with Crippen molar-refractivity contribution in [2.24, 2.45) is 4.99 Å². The Kier molecular flexibility index (Phi) is 11.2. The highest BCUT2D eigenvalue weighted by Crippen LogP contribution is 2.39. The lowest BCUT2D eigenvalue weighted by Crippen LogP contribution is -2.49. The van der Waals surface area contributed by atoms with E-state index in [1.165, 1.54) is 12.1 Å². The van der Waals surface area contributed by atoms with E-state index in [1.807, 2.05) is 0 Å². The Bertz CT molecular complexity index is 1240. The molecular formula is C28H38F3N5O6. The molecule has 0 bridgehead atoms. The fourth-order valence-corrected chi connectivity index (χ4v) is 4.46. The Balaban J connectivity index is 1.74. The number of guanidine groups is 1. The maximum atomic E-state index is 13.9. The highest BCUT2D eigenvalue weighted by molar-refractivity contribution is 5.98. The number of carbonyl (C=O) groups is 2. The number of aromatic nitrogens is 2. The second-order valence-corrected chi connectivity index (χ2v) is 11.1. The summed E-state index contributed by atoms with van der Waals surface area (Å²) in [4.78, 5) is 33.0. The highest BCUT2D eigenvalue weighted by Gasteiger charge is 2.36. The van der Waals surface area contributed by atoms with Crippen molar-refractivity contribution >= 4 is 18.1 Å². The van der Waals surface area contributed by atoms with Gasteiger partial charge in [-0.2, -0.15) is 18.2 Å². The molecule has 2 aromatic rings. The Morgan fingerprint density at radius 2 is 1.93 bits per heavy atom. The summed E-state index contributed by atoms with van der Waals surface area (Å²) in [6.07, 6.45) is -1.15. The number of piperidine rings is 1. The molecule has 42 heavy (non-hydrogen) atoms. The van der Waals surface area contributed by atoms with E-state index in [0.29, 0.717) is 25.8 Å². The lowest BCUT2D eigenvalue weighted by molar-refractivity contribution is -0.138. The van der Waals surface area contributed by atoms with Crippen molar-refractivity contribution in [2.75, 3.05) is 19.7 Å². The molecule has 2 heterocycles. The van der Waals surface area contributed by atoms with Gasteiger partial charge in [0.05, 0.1) is 18.1 Å². The van der Waals surface area contributed by atoms with Crippen LogP contribution in [0, 0.1) is 0 Å². The average Bonchev–Trinajstić information content (AvgIpc) is 3.39. The highest BCUT2D eigenvalue weighted by atomic mass is 19.4. The second-order valence-electron chi connectivity index (χ2n) is 11.1. The predicted molar refractivity (Wildman–Crippen MR) is 147 cm³/mol. The van der Waals surface area contributed by atoms with Gasteiger partial charge < -0.3 is 24.0 Å². The number of amides is 2. The van der Waals surface area contributed by atoms with Crippen molar-refractivity contribution < 1.29 is 41.9 Å².